The molecule has 1 unspecified atom stereocenters. The maximum Gasteiger partial charge on any atom is 0.275 e. The van der Waals surface area contributed by atoms with E-state index in [1.807, 2.05) is 6.92 Å². The van der Waals surface area contributed by atoms with Gasteiger partial charge in [0.1, 0.15) is 11.3 Å². The van der Waals surface area contributed by atoms with Gasteiger partial charge in [-0.05, 0) is 42.3 Å². The molecule has 1 amide bonds. The van der Waals surface area contributed by atoms with E-state index in [4.69, 9.17) is 0 Å². The number of alkyl halides is 1. The molecule has 0 fully saturated rings. The van der Waals surface area contributed by atoms with Crippen molar-refractivity contribution in [2.45, 2.75) is 25.0 Å². The van der Waals surface area contributed by atoms with Crippen LogP contribution in [0, 0.1) is 0 Å². The number of aromatic hydroxyl groups is 1. The van der Waals surface area contributed by atoms with Crippen molar-refractivity contribution in [2.75, 3.05) is 18.6 Å². The number of nitrogens with zero attached hydrogens (tertiary/aromatic N) is 2. The van der Waals surface area contributed by atoms with Gasteiger partial charge in [0.15, 0.2) is 11.0 Å². The second kappa shape index (κ2) is 9.96. The molecule has 0 aliphatic heterocycles. The lowest BCUT2D eigenvalue weighted by molar-refractivity contribution is 0.0975. The number of rotatable bonds is 8. The first kappa shape index (κ1) is 26.0. The minimum Gasteiger partial charge on any atom is -0.506 e. The van der Waals surface area contributed by atoms with Gasteiger partial charge in [-0.1, -0.05) is 19.1 Å². The lowest BCUT2D eigenvalue weighted by Crippen LogP contribution is -2.34. The monoisotopic (exact) mass is 504 g/mol. The summed E-state index contributed by atoms with van der Waals surface area (Å²) in [5, 5.41) is 9.38. The Kier molecular flexibility index (Phi) is 7.41. The average molecular weight is 505 g/mol. The van der Waals surface area contributed by atoms with Crippen LogP contribution >= 0.6 is 0 Å². The van der Waals surface area contributed by atoms with Crippen LogP contribution in [0.5, 0.6) is 5.75 Å². The second-order valence-electron chi connectivity index (χ2n) is 8.01. The fourth-order valence-electron chi connectivity index (χ4n) is 3.96. The van der Waals surface area contributed by atoms with Crippen molar-refractivity contribution in [3.05, 3.63) is 69.5 Å². The zero-order valence-electron chi connectivity index (χ0n) is 19.4. The molecule has 186 valence electrons. The minimum absolute atomic E-state index is 0.109. The van der Waals surface area contributed by atoms with Crippen LogP contribution in [-0.2, 0) is 23.6 Å². The Morgan fingerprint density at radius 1 is 1.14 bits per heavy atom. The van der Waals surface area contributed by atoms with Gasteiger partial charge in [0.05, 0.1) is 12.2 Å². The third kappa shape index (κ3) is 4.82. The molecule has 2 aromatic carbocycles. The molecule has 0 bridgehead atoms. The summed E-state index contributed by atoms with van der Waals surface area (Å²) in [5.74, 6) is -2.20. The van der Waals surface area contributed by atoms with E-state index in [-0.39, 0.29) is 11.3 Å². The van der Waals surface area contributed by atoms with Gasteiger partial charge in [-0.15, -0.1) is 0 Å². The number of anilines is 1. The third-order valence-electron chi connectivity index (χ3n) is 5.94. The van der Waals surface area contributed by atoms with Crippen molar-refractivity contribution in [3.63, 3.8) is 0 Å². The van der Waals surface area contributed by atoms with Crippen molar-refractivity contribution in [3.8, 4) is 5.75 Å². The molecule has 0 spiro atoms. The van der Waals surface area contributed by atoms with Crippen molar-refractivity contribution in [1.29, 1.82) is 0 Å². The minimum atomic E-state index is -4.81. The normalized spacial score (nSPS) is 12.5. The fourth-order valence-corrected chi connectivity index (χ4v) is 4.76. The van der Waals surface area contributed by atoms with Gasteiger partial charge < -0.3 is 14.6 Å². The predicted molar refractivity (Wildman–Crippen MR) is 130 cm³/mol. The quantitative estimate of drug-likeness (QED) is 0.356. The number of benzene rings is 2. The zero-order chi connectivity index (χ0) is 26.1. The first-order valence-electron chi connectivity index (χ1n) is 10.7. The number of pyridine rings is 1. The van der Waals surface area contributed by atoms with E-state index in [1.54, 1.807) is 18.2 Å². The number of carbonyl (C=O) groups is 2. The number of ketones is 1. The lowest BCUT2D eigenvalue weighted by Gasteiger charge is -2.20. The predicted octanol–water partition coefficient (Wildman–Crippen LogP) is 2.88. The van der Waals surface area contributed by atoms with Crippen LogP contribution in [0.2, 0.25) is 0 Å². The molecule has 1 heterocycles. The first-order chi connectivity index (χ1) is 16.4. The molecule has 0 radical (unpaired) electrons. The molecule has 3 rings (SSSR count). The Hall–Kier alpha value is -3.57. The van der Waals surface area contributed by atoms with Crippen molar-refractivity contribution in [2.24, 2.45) is 7.05 Å². The smallest absolute Gasteiger partial charge is 0.275 e. The van der Waals surface area contributed by atoms with Gasteiger partial charge in [-0.3, -0.25) is 23.3 Å². The summed E-state index contributed by atoms with van der Waals surface area (Å²) in [7, 11) is -1.93. The number of halogens is 1. The van der Waals surface area contributed by atoms with Crippen molar-refractivity contribution < 1.29 is 32.1 Å². The number of hydrogen-bond donors (Lipinski definition) is 2. The molecule has 1 aromatic heterocycles. The first-order valence-corrected chi connectivity index (χ1v) is 12.2. The van der Waals surface area contributed by atoms with Crippen LogP contribution in [-0.4, -0.2) is 53.3 Å². The van der Waals surface area contributed by atoms with Gasteiger partial charge in [-0.2, -0.15) is 8.42 Å². The molecule has 11 heteroatoms. The van der Waals surface area contributed by atoms with E-state index in [9.17, 15) is 36.9 Å². The van der Waals surface area contributed by atoms with Gasteiger partial charge in [0.2, 0.25) is 0 Å². The van der Waals surface area contributed by atoms with E-state index in [0.717, 1.165) is 10.5 Å². The second-order valence-corrected chi connectivity index (χ2v) is 9.61. The molecule has 3 aromatic rings. The van der Waals surface area contributed by atoms with Crippen LogP contribution < -0.4 is 10.5 Å². The highest BCUT2D eigenvalue weighted by Crippen LogP contribution is 2.31. The summed E-state index contributed by atoms with van der Waals surface area (Å²) in [5.41, 5.74) is 0.271. The summed E-state index contributed by atoms with van der Waals surface area (Å²) in [6.07, 6.45) is -0.128. The summed E-state index contributed by atoms with van der Waals surface area (Å²) >= 11 is 0. The van der Waals surface area contributed by atoms with Crippen molar-refractivity contribution in [1.82, 2.24) is 4.57 Å². The van der Waals surface area contributed by atoms with E-state index in [1.165, 1.54) is 42.9 Å². The van der Waals surface area contributed by atoms with Gasteiger partial charge >= 0.3 is 0 Å². The molecule has 9 nitrogen and oxygen atoms in total. The van der Waals surface area contributed by atoms with Gasteiger partial charge in [0, 0.05) is 37.2 Å². The molecule has 0 saturated heterocycles. The summed E-state index contributed by atoms with van der Waals surface area (Å²) in [6, 6.07) is 10.4. The third-order valence-corrected chi connectivity index (χ3v) is 7.11. The maximum absolute atomic E-state index is 13.3. The topological polar surface area (TPSA) is 134 Å². The summed E-state index contributed by atoms with van der Waals surface area (Å²) in [6.45, 7) is 0.769. The summed E-state index contributed by atoms with van der Waals surface area (Å²) < 4.78 is 46.1. The van der Waals surface area contributed by atoms with E-state index in [2.05, 4.69) is 0 Å². The highest BCUT2D eigenvalue weighted by Gasteiger charge is 2.32. The Bertz CT molecular complexity index is 1460. The lowest BCUT2D eigenvalue weighted by atomic mass is 10.0. The SMILES string of the molecule is CCc1cccc2c1c(O)c(C(=O)N(C)c1ccc(C(=O)C(CCF)S(=O)(=O)O)cc1)c(=O)n2C. The largest absolute Gasteiger partial charge is 0.506 e. The number of aromatic nitrogens is 1. The van der Waals surface area contributed by atoms with Crippen LogP contribution in [0.25, 0.3) is 10.9 Å². The molecule has 2 N–H and O–H groups in total. The Balaban J connectivity index is 2.01. The molecule has 1 atom stereocenters. The van der Waals surface area contributed by atoms with Crippen molar-refractivity contribution >= 4 is 38.4 Å². The Labute approximate surface area is 201 Å². The number of hydrogen-bond acceptors (Lipinski definition) is 6. The zero-order valence-corrected chi connectivity index (χ0v) is 20.2. The fraction of sp³-hybridized carbons (Fsp3) is 0.292. The molecule has 0 aliphatic carbocycles. The molecular weight excluding hydrogens is 479 g/mol. The Morgan fingerprint density at radius 3 is 2.31 bits per heavy atom. The molecule has 0 saturated carbocycles. The molecular formula is C24H25FN2O7S. The standard InChI is InChI=1S/C24H25FN2O7S/c1-4-14-6-5-7-17-19(14)22(29)20(24(31)27(17)3)23(30)26(2)16-10-8-15(9-11-16)21(28)18(12-13-25)35(32,33)34/h5-11,18,29H,4,12-13H2,1-3H3,(H,32,33,34). The summed E-state index contributed by atoms with van der Waals surface area (Å²) in [4.78, 5) is 39.8. The maximum atomic E-state index is 13.3. The van der Waals surface area contributed by atoms with E-state index >= 15 is 0 Å². The number of amides is 1. The number of Topliss-reactive ketones (excluding diaryl/α,β-unsaturated/α-hetero) is 1. The van der Waals surface area contributed by atoms with Crippen LogP contribution in [0.3, 0.4) is 0 Å². The van der Waals surface area contributed by atoms with Crippen LogP contribution in [0.4, 0.5) is 10.1 Å². The number of aryl methyl sites for hydroxylation is 2. The molecule has 0 aliphatic rings. The average Bonchev–Trinajstić information content (AvgIpc) is 2.83. The van der Waals surface area contributed by atoms with Gasteiger partial charge in [0.25, 0.3) is 21.6 Å². The number of carbonyl (C=O) groups excluding carboxylic acids is 2. The van der Waals surface area contributed by atoms with Gasteiger partial charge in [-0.25, -0.2) is 0 Å². The van der Waals surface area contributed by atoms with Crippen LogP contribution in [0.1, 0.15) is 39.6 Å². The van der Waals surface area contributed by atoms with E-state index < -0.39 is 57.0 Å². The van der Waals surface area contributed by atoms with Crippen LogP contribution in [0.15, 0.2) is 47.3 Å². The highest BCUT2D eigenvalue weighted by molar-refractivity contribution is 7.87. The van der Waals surface area contributed by atoms with E-state index in [0.29, 0.717) is 17.3 Å². The number of fused-ring (bicyclic) bond motifs is 1. The molecule has 35 heavy (non-hydrogen) atoms. The Morgan fingerprint density at radius 2 is 1.77 bits per heavy atom. The highest BCUT2D eigenvalue weighted by atomic mass is 32.2.